The highest BCUT2D eigenvalue weighted by atomic mass is 32.1. The van der Waals surface area contributed by atoms with E-state index >= 15 is 0 Å². The number of aromatic nitrogens is 1. The third-order valence-corrected chi connectivity index (χ3v) is 3.77. The Kier molecular flexibility index (Phi) is 4.84. The first-order chi connectivity index (χ1) is 9.65. The lowest BCUT2D eigenvalue weighted by Crippen LogP contribution is -2.17. The molecule has 0 saturated carbocycles. The van der Waals surface area contributed by atoms with Gasteiger partial charge < -0.3 is 10.4 Å². The molecule has 2 N–H and O–H groups in total. The number of hydrogen-bond donors (Lipinski definition) is 2. The Morgan fingerprint density at radius 3 is 2.70 bits per heavy atom. The number of carboxylic acid groups (broad SMARTS) is 1. The van der Waals surface area contributed by atoms with Crippen LogP contribution in [-0.4, -0.2) is 22.0 Å². The fraction of sp³-hybridized carbons (Fsp3) is 0.214. The number of pyridine rings is 1. The lowest BCUT2D eigenvalue weighted by molar-refractivity contribution is -0.137. The van der Waals surface area contributed by atoms with Crippen molar-refractivity contribution in [2.45, 2.75) is 18.8 Å². The molecule has 2 rings (SSSR count). The number of nitrogens with one attached hydrogen (secondary N) is 1. The van der Waals surface area contributed by atoms with Crippen molar-refractivity contribution in [2.75, 3.05) is 5.32 Å². The summed E-state index contributed by atoms with van der Waals surface area (Å²) in [4.78, 5) is 27.8. The summed E-state index contributed by atoms with van der Waals surface area (Å²) in [6, 6.07) is 8.93. The summed E-state index contributed by atoms with van der Waals surface area (Å²) < 4.78 is 0. The first-order valence-corrected chi connectivity index (χ1v) is 6.99. The molecule has 0 aliphatic carbocycles. The zero-order chi connectivity index (χ0) is 14.4. The molecule has 1 amide bonds. The minimum absolute atomic E-state index is 0.0594. The molecule has 5 nitrogen and oxygen atoms in total. The SMILES string of the molecule is O=C(O)CC(CC(=O)Nc1ccccn1)c1cccs1. The number of thiophene rings is 1. The molecule has 2 aromatic rings. The van der Waals surface area contributed by atoms with Crippen molar-refractivity contribution in [3.63, 3.8) is 0 Å². The summed E-state index contributed by atoms with van der Waals surface area (Å²) in [5.74, 6) is -0.980. The largest absolute Gasteiger partial charge is 0.481 e. The number of amides is 1. The number of hydrogen-bond acceptors (Lipinski definition) is 4. The van der Waals surface area contributed by atoms with E-state index in [9.17, 15) is 9.59 Å². The Hall–Kier alpha value is -2.21. The fourth-order valence-electron chi connectivity index (χ4n) is 1.86. The normalized spacial score (nSPS) is 11.8. The molecule has 104 valence electrons. The van der Waals surface area contributed by atoms with Gasteiger partial charge in [-0.05, 0) is 23.6 Å². The van der Waals surface area contributed by atoms with Gasteiger partial charge in [0.05, 0.1) is 6.42 Å². The van der Waals surface area contributed by atoms with E-state index in [0.29, 0.717) is 5.82 Å². The molecule has 1 unspecified atom stereocenters. The van der Waals surface area contributed by atoms with Gasteiger partial charge in [-0.2, -0.15) is 0 Å². The molecule has 20 heavy (non-hydrogen) atoms. The number of carbonyl (C=O) groups excluding carboxylic acids is 1. The second-order valence-corrected chi connectivity index (χ2v) is 5.26. The van der Waals surface area contributed by atoms with Gasteiger partial charge in [0.1, 0.15) is 5.82 Å². The molecule has 0 aliphatic rings. The van der Waals surface area contributed by atoms with Gasteiger partial charge in [0.15, 0.2) is 0 Å². The highest BCUT2D eigenvalue weighted by Crippen LogP contribution is 2.28. The Morgan fingerprint density at radius 1 is 1.25 bits per heavy atom. The van der Waals surface area contributed by atoms with Crippen LogP contribution in [0.1, 0.15) is 23.6 Å². The molecular weight excluding hydrogens is 276 g/mol. The summed E-state index contributed by atoms with van der Waals surface area (Å²) >= 11 is 1.46. The van der Waals surface area contributed by atoms with E-state index in [2.05, 4.69) is 10.3 Å². The molecule has 6 heteroatoms. The maximum Gasteiger partial charge on any atom is 0.304 e. The van der Waals surface area contributed by atoms with Crippen LogP contribution in [0.4, 0.5) is 5.82 Å². The minimum atomic E-state index is -0.908. The van der Waals surface area contributed by atoms with Crippen LogP contribution in [0, 0.1) is 0 Å². The van der Waals surface area contributed by atoms with Crippen molar-refractivity contribution < 1.29 is 14.7 Å². The van der Waals surface area contributed by atoms with Gasteiger partial charge in [0.2, 0.25) is 5.91 Å². The first kappa shape index (κ1) is 14.2. The predicted octanol–water partition coefficient (Wildman–Crippen LogP) is 2.73. The molecule has 0 fully saturated rings. The van der Waals surface area contributed by atoms with Crippen molar-refractivity contribution >= 4 is 29.0 Å². The van der Waals surface area contributed by atoms with E-state index in [0.717, 1.165) is 4.88 Å². The van der Waals surface area contributed by atoms with Gasteiger partial charge in [0, 0.05) is 23.4 Å². The molecule has 2 heterocycles. The van der Waals surface area contributed by atoms with E-state index in [1.54, 1.807) is 24.4 Å². The molecule has 1 atom stereocenters. The number of rotatable bonds is 6. The van der Waals surface area contributed by atoms with Crippen LogP contribution >= 0.6 is 11.3 Å². The summed E-state index contributed by atoms with van der Waals surface area (Å²) in [5.41, 5.74) is 0. The predicted molar refractivity (Wildman–Crippen MR) is 76.8 cm³/mol. The average molecular weight is 290 g/mol. The quantitative estimate of drug-likeness (QED) is 0.857. The lowest BCUT2D eigenvalue weighted by atomic mass is 9.99. The second kappa shape index (κ2) is 6.81. The van der Waals surface area contributed by atoms with Crippen molar-refractivity contribution in [1.82, 2.24) is 4.98 Å². The maximum absolute atomic E-state index is 12.0. The molecule has 0 bridgehead atoms. The number of carbonyl (C=O) groups is 2. The zero-order valence-electron chi connectivity index (χ0n) is 10.7. The monoisotopic (exact) mass is 290 g/mol. The van der Waals surface area contributed by atoms with Crippen LogP contribution in [0.2, 0.25) is 0 Å². The highest BCUT2D eigenvalue weighted by molar-refractivity contribution is 7.10. The van der Waals surface area contributed by atoms with Gasteiger partial charge in [0.25, 0.3) is 0 Å². The number of carboxylic acids is 1. The minimum Gasteiger partial charge on any atom is -0.481 e. The maximum atomic E-state index is 12.0. The third kappa shape index (κ3) is 4.17. The summed E-state index contributed by atoms with van der Waals surface area (Å²) in [6.07, 6.45) is 1.66. The van der Waals surface area contributed by atoms with Crippen molar-refractivity contribution in [3.05, 3.63) is 46.8 Å². The lowest BCUT2D eigenvalue weighted by Gasteiger charge is -2.12. The molecule has 0 aromatic carbocycles. The Morgan fingerprint density at radius 2 is 2.10 bits per heavy atom. The van der Waals surface area contributed by atoms with E-state index in [4.69, 9.17) is 5.11 Å². The Bertz CT molecular complexity index is 569. The molecule has 0 radical (unpaired) electrons. The van der Waals surface area contributed by atoms with Crippen molar-refractivity contribution in [1.29, 1.82) is 0 Å². The fourth-order valence-corrected chi connectivity index (χ4v) is 2.69. The van der Waals surface area contributed by atoms with E-state index in [-0.39, 0.29) is 24.7 Å². The first-order valence-electron chi connectivity index (χ1n) is 6.11. The van der Waals surface area contributed by atoms with Crippen LogP contribution in [0.3, 0.4) is 0 Å². The zero-order valence-corrected chi connectivity index (χ0v) is 11.5. The van der Waals surface area contributed by atoms with E-state index in [1.165, 1.54) is 11.3 Å². The second-order valence-electron chi connectivity index (χ2n) is 4.28. The van der Waals surface area contributed by atoms with E-state index < -0.39 is 5.97 Å². The Labute approximate surface area is 120 Å². The highest BCUT2D eigenvalue weighted by Gasteiger charge is 2.20. The standard InChI is InChI=1S/C14H14N2O3S/c17-13(16-12-5-1-2-6-15-12)8-10(9-14(18)19)11-4-3-7-20-11/h1-7,10H,8-9H2,(H,18,19)(H,15,16,17). The van der Waals surface area contributed by atoms with Gasteiger partial charge in [-0.25, -0.2) is 4.98 Å². The molecule has 0 saturated heterocycles. The van der Waals surface area contributed by atoms with Crippen molar-refractivity contribution in [2.24, 2.45) is 0 Å². The van der Waals surface area contributed by atoms with Crippen LogP contribution in [0.15, 0.2) is 41.9 Å². The third-order valence-electron chi connectivity index (χ3n) is 2.73. The van der Waals surface area contributed by atoms with Gasteiger partial charge in [-0.3, -0.25) is 9.59 Å². The molecule has 0 spiro atoms. The summed E-state index contributed by atoms with van der Waals surface area (Å²) in [7, 11) is 0. The molecule has 2 aromatic heterocycles. The summed E-state index contributed by atoms with van der Waals surface area (Å²) in [5, 5.41) is 13.5. The average Bonchev–Trinajstić information content (AvgIpc) is 2.92. The van der Waals surface area contributed by atoms with Gasteiger partial charge in [-0.1, -0.05) is 12.1 Å². The van der Waals surface area contributed by atoms with Crippen LogP contribution < -0.4 is 5.32 Å². The summed E-state index contributed by atoms with van der Waals surface area (Å²) in [6.45, 7) is 0. The number of nitrogens with zero attached hydrogens (tertiary/aromatic N) is 1. The van der Waals surface area contributed by atoms with Crippen LogP contribution in [0.25, 0.3) is 0 Å². The number of aliphatic carboxylic acids is 1. The smallest absolute Gasteiger partial charge is 0.304 e. The van der Waals surface area contributed by atoms with Crippen molar-refractivity contribution in [3.8, 4) is 0 Å². The van der Waals surface area contributed by atoms with Crippen LogP contribution in [-0.2, 0) is 9.59 Å². The number of anilines is 1. The van der Waals surface area contributed by atoms with Gasteiger partial charge >= 0.3 is 5.97 Å². The molecule has 0 aliphatic heterocycles. The van der Waals surface area contributed by atoms with Crippen LogP contribution in [0.5, 0.6) is 0 Å². The van der Waals surface area contributed by atoms with Gasteiger partial charge in [-0.15, -0.1) is 11.3 Å². The Balaban J connectivity index is 2.00. The topological polar surface area (TPSA) is 79.3 Å². The molecular formula is C14H14N2O3S. The van der Waals surface area contributed by atoms with E-state index in [1.807, 2.05) is 17.5 Å².